The fourth-order valence-corrected chi connectivity index (χ4v) is 1.70. The molecule has 1 atom stereocenters. The minimum absolute atomic E-state index is 0.427. The van der Waals surface area contributed by atoms with Gasteiger partial charge in [-0.1, -0.05) is 38.8 Å². The first-order valence-electron chi connectivity index (χ1n) is 6.76. The van der Waals surface area contributed by atoms with E-state index < -0.39 is 0 Å². The highest BCUT2D eigenvalue weighted by atomic mass is 16.6. The Morgan fingerprint density at radius 2 is 2.18 bits per heavy atom. The minimum Gasteiger partial charge on any atom is -0.373 e. The number of hydrogen-bond donors (Lipinski definition) is 0. The highest BCUT2D eigenvalue weighted by molar-refractivity contribution is 5.07. The van der Waals surface area contributed by atoms with Crippen LogP contribution in [0.5, 0.6) is 0 Å². The zero-order chi connectivity index (χ0) is 12.5. The van der Waals surface area contributed by atoms with Crippen LogP contribution in [-0.4, -0.2) is 25.9 Å². The molecular formula is C15H26O2. The molecule has 0 aromatic carbocycles. The Balaban J connectivity index is 0.000000202. The molecule has 2 aliphatic heterocycles. The van der Waals surface area contributed by atoms with Gasteiger partial charge in [-0.15, -0.1) is 0 Å². The Morgan fingerprint density at radius 3 is 2.59 bits per heavy atom. The maximum absolute atomic E-state index is 5.13. The van der Waals surface area contributed by atoms with Gasteiger partial charge in [0.05, 0.1) is 19.8 Å². The standard InChI is InChI=1S/C10H18O.C5H8O/c1-3-4-5-6-7-9(2)10-8-11-10;1-5-2-3-6-4-5/h10H,2-8H2,1H3;2H,3-4H2,1H3. The predicted molar refractivity (Wildman–Crippen MR) is 72.2 cm³/mol. The summed E-state index contributed by atoms with van der Waals surface area (Å²) in [5.41, 5.74) is 2.66. The fourth-order valence-electron chi connectivity index (χ4n) is 1.70. The molecule has 0 aromatic heterocycles. The second-order valence-corrected chi connectivity index (χ2v) is 4.86. The lowest BCUT2D eigenvalue weighted by Crippen LogP contribution is -1.90. The van der Waals surface area contributed by atoms with Crippen molar-refractivity contribution in [2.75, 3.05) is 19.8 Å². The molecule has 2 nitrogen and oxygen atoms in total. The van der Waals surface area contributed by atoms with Gasteiger partial charge in [-0.05, 0) is 30.9 Å². The summed E-state index contributed by atoms with van der Waals surface area (Å²) in [7, 11) is 0. The van der Waals surface area contributed by atoms with Gasteiger partial charge in [-0.3, -0.25) is 0 Å². The van der Waals surface area contributed by atoms with Crippen molar-refractivity contribution < 1.29 is 9.47 Å². The first kappa shape index (κ1) is 14.5. The Kier molecular flexibility index (Phi) is 7.22. The van der Waals surface area contributed by atoms with E-state index >= 15 is 0 Å². The lowest BCUT2D eigenvalue weighted by atomic mass is 10.1. The van der Waals surface area contributed by atoms with Gasteiger partial charge in [0.15, 0.2) is 0 Å². The SMILES string of the molecule is C=C(CCCCCC)C1CO1.CC1=CCOC1. The quantitative estimate of drug-likeness (QED) is 0.398. The molecule has 0 spiro atoms. The molecule has 2 heteroatoms. The lowest BCUT2D eigenvalue weighted by molar-refractivity contribution is 0.208. The molecule has 2 heterocycles. The molecule has 0 saturated carbocycles. The summed E-state index contributed by atoms with van der Waals surface area (Å²) in [5.74, 6) is 0. The van der Waals surface area contributed by atoms with E-state index in [-0.39, 0.29) is 0 Å². The van der Waals surface area contributed by atoms with E-state index in [0.29, 0.717) is 6.10 Å². The molecule has 0 amide bonds. The van der Waals surface area contributed by atoms with E-state index in [9.17, 15) is 0 Å². The maximum Gasteiger partial charge on any atom is 0.102 e. The first-order chi connectivity index (χ1) is 8.24. The van der Waals surface area contributed by atoms with Crippen molar-refractivity contribution in [3.05, 3.63) is 23.8 Å². The molecule has 2 aliphatic rings. The van der Waals surface area contributed by atoms with Gasteiger partial charge in [0.1, 0.15) is 6.10 Å². The number of ether oxygens (including phenoxy) is 2. The second-order valence-electron chi connectivity index (χ2n) is 4.86. The monoisotopic (exact) mass is 238 g/mol. The van der Waals surface area contributed by atoms with Crippen LogP contribution in [-0.2, 0) is 9.47 Å². The largest absolute Gasteiger partial charge is 0.373 e. The van der Waals surface area contributed by atoms with Gasteiger partial charge in [-0.25, -0.2) is 0 Å². The van der Waals surface area contributed by atoms with Crippen LogP contribution in [0.4, 0.5) is 0 Å². The molecule has 0 N–H and O–H groups in total. The normalized spacial score (nSPS) is 21.5. The number of hydrogen-bond acceptors (Lipinski definition) is 2. The van der Waals surface area contributed by atoms with E-state index in [4.69, 9.17) is 9.47 Å². The van der Waals surface area contributed by atoms with Crippen molar-refractivity contribution in [1.29, 1.82) is 0 Å². The lowest BCUT2D eigenvalue weighted by Gasteiger charge is -2.00. The van der Waals surface area contributed by atoms with Crippen LogP contribution in [0.15, 0.2) is 23.8 Å². The average molecular weight is 238 g/mol. The highest BCUT2D eigenvalue weighted by Gasteiger charge is 2.24. The molecule has 17 heavy (non-hydrogen) atoms. The predicted octanol–water partition coefficient (Wildman–Crippen LogP) is 3.87. The molecule has 0 radical (unpaired) electrons. The topological polar surface area (TPSA) is 21.8 Å². The average Bonchev–Trinajstić information content (AvgIpc) is 3.07. The third-order valence-corrected chi connectivity index (χ3v) is 3.02. The number of rotatable bonds is 6. The van der Waals surface area contributed by atoms with Gasteiger partial charge in [0, 0.05) is 0 Å². The molecule has 1 saturated heterocycles. The molecule has 2 rings (SSSR count). The van der Waals surface area contributed by atoms with Gasteiger partial charge in [0.2, 0.25) is 0 Å². The third-order valence-electron chi connectivity index (χ3n) is 3.02. The number of epoxide rings is 1. The van der Waals surface area contributed by atoms with Crippen molar-refractivity contribution in [3.63, 3.8) is 0 Å². The minimum atomic E-state index is 0.427. The zero-order valence-corrected chi connectivity index (χ0v) is 11.3. The fraction of sp³-hybridized carbons (Fsp3) is 0.733. The summed E-state index contributed by atoms with van der Waals surface area (Å²) in [6.45, 7) is 10.9. The van der Waals surface area contributed by atoms with Crippen molar-refractivity contribution in [2.45, 2.75) is 52.1 Å². The summed E-state index contributed by atoms with van der Waals surface area (Å²) in [6.07, 6.45) is 9.02. The first-order valence-corrected chi connectivity index (χ1v) is 6.76. The molecule has 0 aliphatic carbocycles. The molecular weight excluding hydrogens is 212 g/mol. The summed E-state index contributed by atoms with van der Waals surface area (Å²) < 4.78 is 10.1. The van der Waals surface area contributed by atoms with Crippen LogP contribution in [0.1, 0.15) is 46.0 Å². The summed E-state index contributed by atoms with van der Waals surface area (Å²) in [6, 6.07) is 0. The van der Waals surface area contributed by atoms with Crippen LogP contribution < -0.4 is 0 Å². The third kappa shape index (κ3) is 7.35. The van der Waals surface area contributed by atoms with Gasteiger partial charge >= 0.3 is 0 Å². The van der Waals surface area contributed by atoms with Crippen LogP contribution in [0, 0.1) is 0 Å². The van der Waals surface area contributed by atoms with E-state index in [1.165, 1.54) is 43.3 Å². The Hall–Kier alpha value is -0.600. The maximum atomic E-state index is 5.13. The van der Waals surface area contributed by atoms with E-state index in [1.54, 1.807) is 0 Å². The van der Waals surface area contributed by atoms with Crippen molar-refractivity contribution in [1.82, 2.24) is 0 Å². The molecule has 1 fully saturated rings. The van der Waals surface area contributed by atoms with Gasteiger partial charge in [0.25, 0.3) is 0 Å². The van der Waals surface area contributed by atoms with E-state index in [1.807, 2.05) is 0 Å². The van der Waals surface area contributed by atoms with Crippen molar-refractivity contribution in [2.24, 2.45) is 0 Å². The Morgan fingerprint density at radius 1 is 1.41 bits per heavy atom. The second kappa shape index (κ2) is 8.48. The highest BCUT2D eigenvalue weighted by Crippen LogP contribution is 2.22. The van der Waals surface area contributed by atoms with E-state index in [0.717, 1.165) is 19.8 Å². The molecule has 0 bridgehead atoms. The van der Waals surface area contributed by atoms with Crippen molar-refractivity contribution >= 4 is 0 Å². The Bertz CT molecular complexity index is 252. The zero-order valence-electron chi connectivity index (χ0n) is 11.3. The van der Waals surface area contributed by atoms with Crippen LogP contribution in [0.25, 0.3) is 0 Å². The molecule has 0 aromatic rings. The summed E-state index contributed by atoms with van der Waals surface area (Å²) in [5, 5.41) is 0. The van der Waals surface area contributed by atoms with Gasteiger partial charge in [-0.2, -0.15) is 0 Å². The summed E-state index contributed by atoms with van der Waals surface area (Å²) in [4.78, 5) is 0. The smallest absolute Gasteiger partial charge is 0.102 e. The molecule has 98 valence electrons. The van der Waals surface area contributed by atoms with Crippen LogP contribution in [0.3, 0.4) is 0 Å². The molecule has 1 unspecified atom stereocenters. The summed E-state index contributed by atoms with van der Waals surface area (Å²) >= 11 is 0. The Labute approximate surface area is 106 Å². The van der Waals surface area contributed by atoms with Crippen LogP contribution in [0.2, 0.25) is 0 Å². The van der Waals surface area contributed by atoms with E-state index in [2.05, 4.69) is 26.5 Å². The number of unbranched alkanes of at least 4 members (excludes halogenated alkanes) is 3. The van der Waals surface area contributed by atoms with Gasteiger partial charge < -0.3 is 9.47 Å². The van der Waals surface area contributed by atoms with Crippen molar-refractivity contribution in [3.8, 4) is 0 Å². The van der Waals surface area contributed by atoms with Crippen LogP contribution >= 0.6 is 0 Å².